The molecule has 1 aromatic rings. The second-order valence-corrected chi connectivity index (χ2v) is 5.09. The lowest BCUT2D eigenvalue weighted by molar-refractivity contribution is 0.0681. The highest BCUT2D eigenvalue weighted by Gasteiger charge is 2.09. The molecule has 0 N–H and O–H groups in total. The van der Waals surface area contributed by atoms with Crippen LogP contribution >= 0.6 is 34.2 Å². The fourth-order valence-corrected chi connectivity index (χ4v) is 2.37. The number of unbranched alkanes of at least 4 members (excludes halogenated alkanes) is 2. The lowest BCUT2D eigenvalue weighted by Crippen LogP contribution is -2.06. The monoisotopic (exact) mass is 352 g/mol. The Labute approximate surface area is 117 Å². The van der Waals surface area contributed by atoms with Crippen molar-refractivity contribution in [3.63, 3.8) is 0 Å². The average molecular weight is 353 g/mol. The molecule has 0 aromatic heterocycles. The molecule has 1 nitrogen and oxygen atoms in total. The van der Waals surface area contributed by atoms with E-state index < -0.39 is 0 Å². The highest BCUT2D eigenvalue weighted by molar-refractivity contribution is 14.1. The third kappa shape index (κ3) is 5.02. The van der Waals surface area contributed by atoms with Crippen molar-refractivity contribution in [2.24, 2.45) is 0 Å². The van der Waals surface area contributed by atoms with Crippen molar-refractivity contribution in [3.05, 3.63) is 34.9 Å². The minimum absolute atomic E-state index is 0.203. The highest BCUT2D eigenvalue weighted by Crippen LogP contribution is 2.22. The third-order valence-corrected chi connectivity index (χ3v) is 3.50. The fraction of sp³-hybridized carbons (Fsp3) is 0.538. The molecule has 0 saturated heterocycles. The number of benzene rings is 1. The van der Waals surface area contributed by atoms with Crippen molar-refractivity contribution in [3.8, 4) is 0 Å². The molecule has 16 heavy (non-hydrogen) atoms. The van der Waals surface area contributed by atoms with Gasteiger partial charge in [-0.25, -0.2) is 0 Å². The van der Waals surface area contributed by atoms with E-state index in [1.165, 1.54) is 18.4 Å². The van der Waals surface area contributed by atoms with Gasteiger partial charge in [-0.2, -0.15) is 0 Å². The number of ether oxygens (including phenoxy) is 1. The number of alkyl halides is 1. The smallest absolute Gasteiger partial charge is 0.0914 e. The Morgan fingerprint density at radius 1 is 1.25 bits per heavy atom. The van der Waals surface area contributed by atoms with Crippen molar-refractivity contribution >= 4 is 34.2 Å². The van der Waals surface area contributed by atoms with Crippen molar-refractivity contribution in [2.45, 2.75) is 32.3 Å². The molecule has 1 unspecified atom stereocenters. The topological polar surface area (TPSA) is 9.23 Å². The van der Waals surface area contributed by atoms with E-state index in [0.717, 1.165) is 22.5 Å². The Balaban J connectivity index is 2.44. The van der Waals surface area contributed by atoms with Crippen LogP contribution in [0.5, 0.6) is 0 Å². The van der Waals surface area contributed by atoms with Gasteiger partial charge in [0.2, 0.25) is 0 Å². The molecule has 0 aliphatic carbocycles. The minimum Gasteiger partial charge on any atom is -0.373 e. The zero-order valence-corrected chi connectivity index (χ0v) is 12.5. The summed E-state index contributed by atoms with van der Waals surface area (Å²) in [6, 6.07) is 7.94. The first-order valence-corrected chi connectivity index (χ1v) is 7.61. The lowest BCUT2D eigenvalue weighted by Gasteiger charge is -2.15. The van der Waals surface area contributed by atoms with Crippen LogP contribution in [-0.4, -0.2) is 11.0 Å². The standard InChI is InChI=1S/C13H18ClIO/c1-2-3-4-9-16-13(10-15)11-5-7-12(14)8-6-11/h5-8,13H,2-4,9-10H2,1H3. The number of hydrogen-bond donors (Lipinski definition) is 0. The largest absolute Gasteiger partial charge is 0.373 e. The van der Waals surface area contributed by atoms with Crippen LogP contribution in [-0.2, 0) is 4.74 Å². The molecule has 3 heteroatoms. The van der Waals surface area contributed by atoms with Gasteiger partial charge in [-0.3, -0.25) is 0 Å². The van der Waals surface area contributed by atoms with Crippen molar-refractivity contribution in [2.75, 3.05) is 11.0 Å². The summed E-state index contributed by atoms with van der Waals surface area (Å²) < 4.78 is 6.85. The highest BCUT2D eigenvalue weighted by atomic mass is 127. The van der Waals surface area contributed by atoms with Crippen molar-refractivity contribution in [1.29, 1.82) is 0 Å². The van der Waals surface area contributed by atoms with Crippen molar-refractivity contribution < 1.29 is 4.74 Å². The van der Waals surface area contributed by atoms with Gasteiger partial charge in [-0.1, -0.05) is 66.1 Å². The minimum atomic E-state index is 0.203. The summed E-state index contributed by atoms with van der Waals surface area (Å²) in [5, 5.41) is 0.780. The first kappa shape index (κ1) is 14.3. The third-order valence-electron chi connectivity index (χ3n) is 2.45. The van der Waals surface area contributed by atoms with Gasteiger partial charge in [-0.05, 0) is 24.1 Å². The van der Waals surface area contributed by atoms with E-state index >= 15 is 0 Å². The van der Waals surface area contributed by atoms with Crippen LogP contribution in [0.2, 0.25) is 5.02 Å². The summed E-state index contributed by atoms with van der Waals surface area (Å²) in [7, 11) is 0. The van der Waals surface area contributed by atoms with E-state index in [0.29, 0.717) is 0 Å². The van der Waals surface area contributed by atoms with Crippen LogP contribution in [0.1, 0.15) is 37.9 Å². The Morgan fingerprint density at radius 2 is 1.94 bits per heavy atom. The van der Waals surface area contributed by atoms with Crippen LogP contribution < -0.4 is 0 Å². The zero-order valence-electron chi connectivity index (χ0n) is 9.59. The van der Waals surface area contributed by atoms with Gasteiger partial charge in [0.25, 0.3) is 0 Å². The van der Waals surface area contributed by atoms with E-state index in [1.54, 1.807) is 0 Å². The molecule has 1 atom stereocenters. The van der Waals surface area contributed by atoms with Gasteiger partial charge in [0.15, 0.2) is 0 Å². The zero-order chi connectivity index (χ0) is 11.8. The molecular weight excluding hydrogens is 334 g/mol. The summed E-state index contributed by atoms with van der Waals surface area (Å²) in [6.07, 6.45) is 3.83. The van der Waals surface area contributed by atoms with Gasteiger partial charge < -0.3 is 4.74 Å². The first-order chi connectivity index (χ1) is 7.77. The maximum absolute atomic E-state index is 5.87. The SMILES string of the molecule is CCCCCOC(CI)c1ccc(Cl)cc1. The molecule has 90 valence electrons. The quantitative estimate of drug-likeness (QED) is 0.380. The Bertz CT molecular complexity index is 286. The Morgan fingerprint density at radius 3 is 2.50 bits per heavy atom. The fourth-order valence-electron chi connectivity index (χ4n) is 1.48. The molecule has 0 spiro atoms. The summed E-state index contributed by atoms with van der Waals surface area (Å²) in [5.41, 5.74) is 1.22. The second kappa shape index (κ2) is 8.31. The van der Waals surface area contributed by atoms with Crippen LogP contribution in [0, 0.1) is 0 Å². The van der Waals surface area contributed by atoms with Crippen LogP contribution in [0.15, 0.2) is 24.3 Å². The molecule has 0 radical (unpaired) electrons. The van der Waals surface area contributed by atoms with E-state index in [-0.39, 0.29) is 6.10 Å². The summed E-state index contributed by atoms with van der Waals surface area (Å²) in [6.45, 7) is 3.05. The molecule has 0 heterocycles. The number of hydrogen-bond acceptors (Lipinski definition) is 1. The summed E-state index contributed by atoms with van der Waals surface area (Å²) in [5.74, 6) is 0. The number of rotatable bonds is 7. The Hall–Kier alpha value is 0.200. The molecule has 0 aliphatic rings. The first-order valence-electron chi connectivity index (χ1n) is 5.71. The van der Waals surface area contributed by atoms with E-state index in [4.69, 9.17) is 16.3 Å². The Kier molecular flexibility index (Phi) is 7.41. The van der Waals surface area contributed by atoms with Gasteiger partial charge in [0.1, 0.15) is 0 Å². The maximum Gasteiger partial charge on any atom is 0.0914 e. The molecule has 0 aliphatic heterocycles. The average Bonchev–Trinajstić information content (AvgIpc) is 2.31. The maximum atomic E-state index is 5.87. The van der Waals surface area contributed by atoms with Gasteiger partial charge in [0, 0.05) is 16.1 Å². The van der Waals surface area contributed by atoms with Crippen LogP contribution in [0.3, 0.4) is 0 Å². The lowest BCUT2D eigenvalue weighted by atomic mass is 10.1. The summed E-state index contributed by atoms with van der Waals surface area (Å²) >= 11 is 8.23. The van der Waals surface area contributed by atoms with Gasteiger partial charge in [-0.15, -0.1) is 0 Å². The second-order valence-electron chi connectivity index (χ2n) is 3.77. The molecule has 0 amide bonds. The predicted molar refractivity (Wildman–Crippen MR) is 78.6 cm³/mol. The van der Waals surface area contributed by atoms with E-state index in [9.17, 15) is 0 Å². The molecule has 0 bridgehead atoms. The number of halogens is 2. The van der Waals surface area contributed by atoms with Crippen LogP contribution in [0.4, 0.5) is 0 Å². The van der Waals surface area contributed by atoms with E-state index in [1.807, 2.05) is 24.3 Å². The molecular formula is C13H18ClIO. The predicted octanol–water partition coefficient (Wildman–Crippen LogP) is 5.02. The normalized spacial score (nSPS) is 12.7. The van der Waals surface area contributed by atoms with Crippen molar-refractivity contribution in [1.82, 2.24) is 0 Å². The van der Waals surface area contributed by atoms with Gasteiger partial charge >= 0.3 is 0 Å². The van der Waals surface area contributed by atoms with Crippen LogP contribution in [0.25, 0.3) is 0 Å². The molecule has 0 fully saturated rings. The summed E-state index contributed by atoms with van der Waals surface area (Å²) in [4.78, 5) is 0. The molecule has 1 aromatic carbocycles. The molecule has 1 rings (SSSR count). The van der Waals surface area contributed by atoms with Gasteiger partial charge in [0.05, 0.1) is 6.10 Å². The molecule has 0 saturated carbocycles. The van der Waals surface area contributed by atoms with E-state index in [2.05, 4.69) is 29.5 Å².